The van der Waals surface area contributed by atoms with Crippen molar-refractivity contribution in [1.82, 2.24) is 9.55 Å². The van der Waals surface area contributed by atoms with Crippen LogP contribution in [0.4, 0.5) is 4.79 Å². The normalized spacial score (nSPS) is 12.6. The van der Waals surface area contributed by atoms with Crippen LogP contribution in [0.3, 0.4) is 0 Å². The highest BCUT2D eigenvalue weighted by atomic mass is 16.8. The Bertz CT molecular complexity index is 940. The molecular weight excluding hydrogens is 372 g/mol. The van der Waals surface area contributed by atoms with E-state index in [2.05, 4.69) is 4.98 Å². The third-order valence-corrected chi connectivity index (χ3v) is 4.48. The molecule has 1 aromatic heterocycles. The topological polar surface area (TPSA) is 79.7 Å². The predicted octanol–water partition coefficient (Wildman–Crippen LogP) is 4.52. The van der Waals surface area contributed by atoms with Crippen LogP contribution in [0.15, 0.2) is 73.2 Å². The Morgan fingerprint density at radius 3 is 2.21 bits per heavy atom. The Morgan fingerprint density at radius 2 is 1.55 bits per heavy atom. The molecule has 2 atom stereocenters. The van der Waals surface area contributed by atoms with Gasteiger partial charge in [-0.1, -0.05) is 60.7 Å². The summed E-state index contributed by atoms with van der Waals surface area (Å²) >= 11 is 0. The van der Waals surface area contributed by atoms with E-state index in [1.54, 1.807) is 17.8 Å². The first kappa shape index (κ1) is 20.1. The Labute approximate surface area is 168 Å². The van der Waals surface area contributed by atoms with Gasteiger partial charge in [-0.3, -0.25) is 0 Å². The highest BCUT2D eigenvalue weighted by Gasteiger charge is 2.19. The van der Waals surface area contributed by atoms with Crippen molar-refractivity contribution in [3.8, 4) is 0 Å². The number of rotatable bonds is 7. The molecule has 3 aromatic rings. The summed E-state index contributed by atoms with van der Waals surface area (Å²) in [5, 5.41) is 0. The zero-order valence-corrected chi connectivity index (χ0v) is 16.2. The first-order valence-electron chi connectivity index (χ1n) is 9.18. The number of esters is 1. The Kier molecular flexibility index (Phi) is 6.63. The van der Waals surface area contributed by atoms with Crippen molar-refractivity contribution in [2.24, 2.45) is 0 Å². The molecule has 7 nitrogen and oxygen atoms in total. The average Bonchev–Trinajstić information content (AvgIpc) is 3.24. The Hall–Kier alpha value is -3.61. The van der Waals surface area contributed by atoms with Crippen LogP contribution in [-0.2, 0) is 14.2 Å². The van der Waals surface area contributed by atoms with Gasteiger partial charge in [-0.2, -0.15) is 0 Å². The summed E-state index contributed by atoms with van der Waals surface area (Å²) in [5.74, 6) is -0.644. The fraction of sp³-hybridized carbons (Fsp3) is 0.227. The molecule has 0 amide bonds. The van der Waals surface area contributed by atoms with Crippen molar-refractivity contribution in [2.45, 2.75) is 26.0 Å². The number of nitrogens with zero attached hydrogens (tertiary/aromatic N) is 2. The second-order valence-corrected chi connectivity index (χ2v) is 6.39. The lowest BCUT2D eigenvalue weighted by Gasteiger charge is -2.16. The quantitative estimate of drug-likeness (QED) is 0.433. The minimum absolute atomic E-state index is 0.112. The van der Waals surface area contributed by atoms with Crippen LogP contribution in [0, 0.1) is 0 Å². The Balaban J connectivity index is 1.51. The van der Waals surface area contributed by atoms with Gasteiger partial charge >= 0.3 is 12.1 Å². The van der Waals surface area contributed by atoms with Crippen molar-refractivity contribution >= 4 is 12.1 Å². The van der Waals surface area contributed by atoms with Gasteiger partial charge in [-0.25, -0.2) is 14.6 Å². The number of imidazole rings is 1. The molecule has 29 heavy (non-hydrogen) atoms. The lowest BCUT2D eigenvalue weighted by molar-refractivity contribution is -0.0374. The van der Waals surface area contributed by atoms with E-state index < -0.39 is 25.0 Å². The van der Waals surface area contributed by atoms with Crippen LogP contribution in [-0.4, -0.2) is 28.5 Å². The molecule has 0 spiro atoms. The number of ether oxygens (including phenoxy) is 3. The molecule has 7 heteroatoms. The molecule has 0 aliphatic rings. The van der Waals surface area contributed by atoms with E-state index in [0.29, 0.717) is 0 Å². The summed E-state index contributed by atoms with van der Waals surface area (Å²) in [4.78, 5) is 28.2. The highest BCUT2D eigenvalue weighted by Crippen LogP contribution is 2.20. The fourth-order valence-electron chi connectivity index (χ4n) is 2.84. The zero-order chi connectivity index (χ0) is 20.6. The van der Waals surface area contributed by atoms with Crippen LogP contribution in [0.25, 0.3) is 0 Å². The van der Waals surface area contributed by atoms with Crippen LogP contribution in [0.1, 0.15) is 47.6 Å². The molecule has 0 radical (unpaired) electrons. The maximum Gasteiger partial charge on any atom is 0.511 e. The van der Waals surface area contributed by atoms with Crippen LogP contribution >= 0.6 is 0 Å². The monoisotopic (exact) mass is 394 g/mol. The molecule has 1 unspecified atom stereocenters. The molecule has 0 N–H and O–H groups in total. The fourth-order valence-corrected chi connectivity index (χ4v) is 2.84. The van der Waals surface area contributed by atoms with Gasteiger partial charge < -0.3 is 18.8 Å². The summed E-state index contributed by atoms with van der Waals surface area (Å²) in [6, 6.07) is 18.8. The number of aromatic nitrogens is 2. The first-order chi connectivity index (χ1) is 14.1. The van der Waals surface area contributed by atoms with Crippen molar-refractivity contribution in [1.29, 1.82) is 0 Å². The lowest BCUT2D eigenvalue weighted by Crippen LogP contribution is -2.18. The summed E-state index contributed by atoms with van der Waals surface area (Å²) < 4.78 is 16.8. The summed E-state index contributed by atoms with van der Waals surface area (Å²) in [5.41, 5.74) is 2.12. The first-order valence-corrected chi connectivity index (χ1v) is 9.18. The third-order valence-electron chi connectivity index (χ3n) is 4.48. The van der Waals surface area contributed by atoms with E-state index in [0.717, 1.165) is 11.1 Å². The molecule has 0 fully saturated rings. The van der Waals surface area contributed by atoms with E-state index in [-0.39, 0.29) is 11.7 Å². The molecule has 0 bridgehead atoms. The number of benzene rings is 2. The van der Waals surface area contributed by atoms with Gasteiger partial charge in [0.15, 0.2) is 0 Å². The van der Waals surface area contributed by atoms with Gasteiger partial charge in [-0.05, 0) is 25.0 Å². The smallest absolute Gasteiger partial charge is 0.426 e. The molecular formula is C22H22N2O5. The van der Waals surface area contributed by atoms with Gasteiger partial charge in [0.05, 0.1) is 18.6 Å². The standard InChI is InChI=1S/C22H22N2O5/c1-16(18-9-5-3-6-10-18)24-14-23-13-20(24)21(25)27-15-28-22(26)29-17(2)19-11-7-4-8-12-19/h3-14,16-17H,15H2,1-2H3/t16-,17?/m1/s1. The number of carbonyl (C=O) groups excluding carboxylic acids is 2. The van der Waals surface area contributed by atoms with E-state index in [1.807, 2.05) is 67.6 Å². The molecule has 0 saturated heterocycles. The minimum Gasteiger partial charge on any atom is -0.426 e. The predicted molar refractivity (Wildman–Crippen MR) is 105 cm³/mol. The van der Waals surface area contributed by atoms with E-state index in [1.165, 1.54) is 6.20 Å². The molecule has 150 valence electrons. The van der Waals surface area contributed by atoms with Crippen molar-refractivity contribution in [3.63, 3.8) is 0 Å². The number of hydrogen-bond donors (Lipinski definition) is 0. The lowest BCUT2D eigenvalue weighted by atomic mass is 10.1. The molecule has 1 heterocycles. The second kappa shape index (κ2) is 9.54. The van der Waals surface area contributed by atoms with Crippen LogP contribution in [0.2, 0.25) is 0 Å². The second-order valence-electron chi connectivity index (χ2n) is 6.39. The minimum atomic E-state index is -0.916. The molecule has 0 aliphatic heterocycles. The van der Waals surface area contributed by atoms with E-state index in [9.17, 15) is 9.59 Å². The van der Waals surface area contributed by atoms with Crippen LogP contribution < -0.4 is 0 Å². The summed E-state index contributed by atoms with van der Waals surface area (Å²) in [6.07, 6.45) is 1.58. The summed E-state index contributed by atoms with van der Waals surface area (Å²) in [6.45, 7) is 3.13. The largest absolute Gasteiger partial charge is 0.511 e. The molecule has 3 rings (SSSR count). The van der Waals surface area contributed by atoms with Crippen LogP contribution in [0.5, 0.6) is 0 Å². The van der Waals surface area contributed by atoms with Gasteiger partial charge in [-0.15, -0.1) is 0 Å². The number of carbonyl (C=O) groups is 2. The maximum absolute atomic E-state index is 12.4. The average molecular weight is 394 g/mol. The number of hydrogen-bond acceptors (Lipinski definition) is 6. The zero-order valence-electron chi connectivity index (χ0n) is 16.2. The van der Waals surface area contributed by atoms with Gasteiger partial charge in [0, 0.05) is 0 Å². The summed E-state index contributed by atoms with van der Waals surface area (Å²) in [7, 11) is 0. The van der Waals surface area contributed by atoms with Crippen molar-refractivity contribution in [2.75, 3.05) is 6.79 Å². The molecule has 2 aromatic carbocycles. The molecule has 0 saturated carbocycles. The molecule has 0 aliphatic carbocycles. The van der Waals surface area contributed by atoms with E-state index >= 15 is 0 Å². The Morgan fingerprint density at radius 1 is 0.931 bits per heavy atom. The van der Waals surface area contributed by atoms with Crippen molar-refractivity contribution in [3.05, 3.63) is 90.0 Å². The SMILES string of the molecule is CC(OC(=O)OCOC(=O)c1cncn1[C@H](C)c1ccccc1)c1ccccc1. The maximum atomic E-state index is 12.4. The third kappa shape index (κ3) is 5.22. The van der Waals surface area contributed by atoms with Gasteiger partial charge in [0.25, 0.3) is 0 Å². The van der Waals surface area contributed by atoms with Gasteiger partial charge in [0.2, 0.25) is 6.79 Å². The van der Waals surface area contributed by atoms with Crippen molar-refractivity contribution < 1.29 is 23.8 Å². The van der Waals surface area contributed by atoms with Gasteiger partial charge in [0.1, 0.15) is 11.8 Å². The highest BCUT2D eigenvalue weighted by molar-refractivity contribution is 5.87. The van der Waals surface area contributed by atoms with E-state index in [4.69, 9.17) is 14.2 Å².